The van der Waals surface area contributed by atoms with Gasteiger partial charge in [0.2, 0.25) is 5.91 Å². The second-order valence-corrected chi connectivity index (χ2v) is 8.59. The van der Waals surface area contributed by atoms with E-state index in [1.807, 2.05) is 57.2 Å². The Balaban J connectivity index is 2.03. The third-order valence-electron chi connectivity index (χ3n) is 4.80. The van der Waals surface area contributed by atoms with Crippen LogP contribution in [0.15, 0.2) is 48.5 Å². The van der Waals surface area contributed by atoms with Crippen LogP contribution in [0.25, 0.3) is 0 Å². The molecule has 5 heteroatoms. The first-order valence-corrected chi connectivity index (χ1v) is 10.2. The number of nitrogens with one attached hydrogen (secondary N) is 2. The molecule has 0 heterocycles. The predicted octanol–water partition coefficient (Wildman–Crippen LogP) is 5.15. The standard InChI is InChI=1S/C24H33N3O2/c1-7-27(17(2)3)16-18-11-13-19(14-12-18)22(28)25-20-9-8-10-21(15-20)26-23(29)24(4,5)6/h8-15,17H,7,16H2,1-6H3,(H,25,28)(H,26,29). The lowest BCUT2D eigenvalue weighted by molar-refractivity contribution is -0.123. The molecule has 0 aliphatic heterocycles. The molecule has 0 fully saturated rings. The highest BCUT2D eigenvalue weighted by Gasteiger charge is 2.21. The molecule has 29 heavy (non-hydrogen) atoms. The van der Waals surface area contributed by atoms with Crippen molar-refractivity contribution in [3.8, 4) is 0 Å². The molecule has 0 saturated heterocycles. The Labute approximate surface area is 174 Å². The van der Waals surface area contributed by atoms with Crippen LogP contribution in [0.3, 0.4) is 0 Å². The Bertz CT molecular complexity index is 836. The Morgan fingerprint density at radius 1 is 0.966 bits per heavy atom. The van der Waals surface area contributed by atoms with Gasteiger partial charge in [0, 0.05) is 34.9 Å². The van der Waals surface area contributed by atoms with Gasteiger partial charge in [-0.3, -0.25) is 14.5 Å². The van der Waals surface area contributed by atoms with Crippen LogP contribution in [0.1, 0.15) is 57.5 Å². The van der Waals surface area contributed by atoms with Crippen molar-refractivity contribution in [1.82, 2.24) is 4.90 Å². The van der Waals surface area contributed by atoms with Crippen molar-refractivity contribution < 1.29 is 9.59 Å². The highest BCUT2D eigenvalue weighted by Crippen LogP contribution is 2.20. The maximum atomic E-state index is 12.6. The van der Waals surface area contributed by atoms with Crippen molar-refractivity contribution in [1.29, 1.82) is 0 Å². The number of carbonyl (C=O) groups is 2. The quantitative estimate of drug-likeness (QED) is 0.681. The largest absolute Gasteiger partial charge is 0.326 e. The molecule has 0 atom stereocenters. The van der Waals surface area contributed by atoms with E-state index in [1.165, 1.54) is 5.56 Å². The third-order valence-corrected chi connectivity index (χ3v) is 4.80. The molecule has 0 bridgehead atoms. The highest BCUT2D eigenvalue weighted by molar-refractivity contribution is 6.04. The van der Waals surface area contributed by atoms with Gasteiger partial charge in [0.25, 0.3) is 5.91 Å². The van der Waals surface area contributed by atoms with Gasteiger partial charge in [0.15, 0.2) is 0 Å². The maximum absolute atomic E-state index is 12.6. The summed E-state index contributed by atoms with van der Waals surface area (Å²) in [6.07, 6.45) is 0. The molecular weight excluding hydrogens is 362 g/mol. The van der Waals surface area contributed by atoms with Crippen molar-refractivity contribution in [2.24, 2.45) is 5.41 Å². The maximum Gasteiger partial charge on any atom is 0.255 e. The number of nitrogens with zero attached hydrogens (tertiary/aromatic N) is 1. The molecule has 2 aromatic rings. The topological polar surface area (TPSA) is 61.4 Å². The first-order chi connectivity index (χ1) is 13.6. The monoisotopic (exact) mass is 395 g/mol. The van der Waals surface area contributed by atoms with Crippen LogP contribution < -0.4 is 10.6 Å². The summed E-state index contributed by atoms with van der Waals surface area (Å²) in [4.78, 5) is 27.1. The minimum absolute atomic E-state index is 0.0703. The summed E-state index contributed by atoms with van der Waals surface area (Å²) in [5.74, 6) is -0.244. The van der Waals surface area contributed by atoms with Crippen molar-refractivity contribution in [2.75, 3.05) is 17.2 Å². The second kappa shape index (κ2) is 9.70. The van der Waals surface area contributed by atoms with Crippen LogP contribution in [-0.2, 0) is 11.3 Å². The second-order valence-electron chi connectivity index (χ2n) is 8.59. The van der Waals surface area contributed by atoms with Crippen LogP contribution in [0, 0.1) is 5.41 Å². The lowest BCUT2D eigenvalue weighted by Crippen LogP contribution is -2.29. The number of hydrogen-bond donors (Lipinski definition) is 2. The number of rotatable bonds is 7. The lowest BCUT2D eigenvalue weighted by atomic mass is 9.95. The average molecular weight is 396 g/mol. The fourth-order valence-corrected chi connectivity index (χ4v) is 2.85. The van der Waals surface area contributed by atoms with Crippen LogP contribution in [0.5, 0.6) is 0 Å². The van der Waals surface area contributed by atoms with Crippen LogP contribution in [0.2, 0.25) is 0 Å². The number of carbonyl (C=O) groups excluding carboxylic acids is 2. The Morgan fingerprint density at radius 2 is 1.55 bits per heavy atom. The fourth-order valence-electron chi connectivity index (χ4n) is 2.85. The first-order valence-electron chi connectivity index (χ1n) is 10.2. The van der Waals surface area contributed by atoms with Crippen molar-refractivity contribution in [3.05, 3.63) is 59.7 Å². The van der Waals surface area contributed by atoms with Gasteiger partial charge in [-0.25, -0.2) is 0 Å². The molecule has 156 valence electrons. The highest BCUT2D eigenvalue weighted by atomic mass is 16.2. The summed E-state index contributed by atoms with van der Waals surface area (Å²) in [5.41, 5.74) is 2.60. The zero-order valence-corrected chi connectivity index (χ0v) is 18.4. The van der Waals surface area contributed by atoms with E-state index in [9.17, 15) is 9.59 Å². The van der Waals surface area contributed by atoms with Gasteiger partial charge >= 0.3 is 0 Å². The van der Waals surface area contributed by atoms with Gasteiger partial charge in [-0.1, -0.05) is 45.9 Å². The summed E-state index contributed by atoms with van der Waals surface area (Å²) in [7, 11) is 0. The molecule has 2 N–H and O–H groups in total. The Morgan fingerprint density at radius 3 is 2.07 bits per heavy atom. The molecule has 0 aliphatic carbocycles. The average Bonchev–Trinajstić information content (AvgIpc) is 2.65. The van der Waals surface area contributed by atoms with Crippen molar-refractivity contribution >= 4 is 23.2 Å². The number of benzene rings is 2. The minimum Gasteiger partial charge on any atom is -0.326 e. The lowest BCUT2D eigenvalue weighted by Gasteiger charge is -2.24. The van der Waals surface area contributed by atoms with Gasteiger partial charge in [0.1, 0.15) is 0 Å². The minimum atomic E-state index is -0.482. The van der Waals surface area contributed by atoms with Gasteiger partial charge in [-0.05, 0) is 56.3 Å². The summed E-state index contributed by atoms with van der Waals surface area (Å²) in [6, 6.07) is 15.4. The zero-order chi connectivity index (χ0) is 21.6. The number of amides is 2. The Kier molecular flexibility index (Phi) is 7.57. The summed E-state index contributed by atoms with van der Waals surface area (Å²) in [5, 5.41) is 5.78. The third kappa shape index (κ3) is 6.71. The van der Waals surface area contributed by atoms with Gasteiger partial charge in [0.05, 0.1) is 0 Å². The molecular formula is C24H33N3O2. The number of anilines is 2. The molecule has 0 aromatic heterocycles. The Hall–Kier alpha value is -2.66. The first kappa shape index (κ1) is 22.6. The molecule has 0 unspecified atom stereocenters. The molecule has 2 aromatic carbocycles. The van der Waals surface area contributed by atoms with Gasteiger partial charge in [-0.15, -0.1) is 0 Å². The predicted molar refractivity (Wildman–Crippen MR) is 120 cm³/mol. The molecule has 0 spiro atoms. The summed E-state index contributed by atoms with van der Waals surface area (Å²) >= 11 is 0. The van der Waals surface area contributed by atoms with E-state index >= 15 is 0 Å². The fraction of sp³-hybridized carbons (Fsp3) is 0.417. The van der Waals surface area contributed by atoms with Crippen LogP contribution in [-0.4, -0.2) is 29.3 Å². The van der Waals surface area contributed by atoms with E-state index in [1.54, 1.807) is 12.1 Å². The smallest absolute Gasteiger partial charge is 0.255 e. The van der Waals surface area contributed by atoms with E-state index < -0.39 is 5.41 Å². The molecule has 0 saturated carbocycles. The van der Waals surface area contributed by atoms with Gasteiger partial charge < -0.3 is 10.6 Å². The normalized spacial score (nSPS) is 11.6. The van der Waals surface area contributed by atoms with E-state index in [-0.39, 0.29) is 11.8 Å². The molecule has 5 nitrogen and oxygen atoms in total. The molecule has 0 aliphatic rings. The SMILES string of the molecule is CCN(Cc1ccc(C(=O)Nc2cccc(NC(=O)C(C)(C)C)c2)cc1)C(C)C. The van der Waals surface area contributed by atoms with Crippen molar-refractivity contribution in [3.63, 3.8) is 0 Å². The summed E-state index contributed by atoms with van der Waals surface area (Å²) < 4.78 is 0. The summed E-state index contributed by atoms with van der Waals surface area (Å²) in [6.45, 7) is 14.0. The molecule has 2 amide bonds. The molecule has 2 rings (SSSR count). The van der Waals surface area contributed by atoms with Crippen LogP contribution in [0.4, 0.5) is 11.4 Å². The van der Waals surface area contributed by atoms with Crippen molar-refractivity contribution in [2.45, 2.75) is 54.1 Å². The van der Waals surface area contributed by atoms with E-state index in [0.717, 1.165) is 13.1 Å². The zero-order valence-electron chi connectivity index (χ0n) is 18.4. The van der Waals surface area contributed by atoms with E-state index in [0.29, 0.717) is 23.0 Å². The van der Waals surface area contributed by atoms with Gasteiger partial charge in [-0.2, -0.15) is 0 Å². The van der Waals surface area contributed by atoms with E-state index in [4.69, 9.17) is 0 Å². The van der Waals surface area contributed by atoms with E-state index in [2.05, 4.69) is 36.3 Å². The van der Waals surface area contributed by atoms with Crippen LogP contribution >= 0.6 is 0 Å². The molecule has 0 radical (unpaired) electrons. The number of hydrogen-bond acceptors (Lipinski definition) is 3.